The minimum Gasteiger partial charge on any atom is -0.480 e. The molecule has 1 atom stereocenters. The van der Waals surface area contributed by atoms with Crippen molar-refractivity contribution in [1.29, 1.82) is 0 Å². The van der Waals surface area contributed by atoms with Gasteiger partial charge in [0.15, 0.2) is 0 Å². The minimum absolute atomic E-state index is 0.0267. The highest BCUT2D eigenvalue weighted by atomic mass is 19.1. The summed E-state index contributed by atoms with van der Waals surface area (Å²) in [7, 11) is 0. The van der Waals surface area contributed by atoms with E-state index in [2.05, 4.69) is 0 Å². The van der Waals surface area contributed by atoms with Crippen molar-refractivity contribution in [2.24, 2.45) is 5.73 Å². The zero-order chi connectivity index (χ0) is 10.7. The lowest BCUT2D eigenvalue weighted by Crippen LogP contribution is -2.32. The molecule has 1 aromatic rings. The number of nitrogen functional groups attached to an aromatic ring is 1. The summed E-state index contributed by atoms with van der Waals surface area (Å²) in [6.07, 6.45) is 0.0267. The molecule has 76 valence electrons. The number of benzene rings is 1. The van der Waals surface area contributed by atoms with E-state index in [4.69, 9.17) is 16.6 Å². The summed E-state index contributed by atoms with van der Waals surface area (Å²) in [6, 6.07) is 3.18. The Kier molecular flexibility index (Phi) is 3.03. The van der Waals surface area contributed by atoms with Gasteiger partial charge < -0.3 is 16.6 Å². The van der Waals surface area contributed by atoms with Crippen LogP contribution in [0.5, 0.6) is 0 Å². The van der Waals surface area contributed by atoms with Crippen LogP contribution in [-0.4, -0.2) is 17.1 Å². The molecule has 0 aliphatic rings. The fourth-order valence-corrected chi connectivity index (χ4v) is 1.08. The van der Waals surface area contributed by atoms with Crippen molar-refractivity contribution in [1.82, 2.24) is 0 Å². The van der Waals surface area contributed by atoms with Gasteiger partial charge in [0, 0.05) is 6.42 Å². The number of halogens is 1. The third kappa shape index (κ3) is 2.20. The number of para-hydroxylation sites is 1. The maximum Gasteiger partial charge on any atom is 0.320 e. The summed E-state index contributed by atoms with van der Waals surface area (Å²) in [5, 5.41) is 8.54. The summed E-state index contributed by atoms with van der Waals surface area (Å²) in [5.41, 5.74) is 11.1. The Morgan fingerprint density at radius 2 is 2.21 bits per heavy atom. The van der Waals surface area contributed by atoms with Crippen molar-refractivity contribution < 1.29 is 14.3 Å². The molecule has 0 aliphatic carbocycles. The number of carbonyl (C=O) groups is 1. The Labute approximate surface area is 80.3 Å². The maximum absolute atomic E-state index is 12.9. The SMILES string of the molecule is Nc1c(F)cccc1CC(N)C(=O)O. The molecule has 14 heavy (non-hydrogen) atoms. The molecule has 0 spiro atoms. The third-order valence-corrected chi connectivity index (χ3v) is 1.90. The van der Waals surface area contributed by atoms with Crippen LogP contribution >= 0.6 is 0 Å². The summed E-state index contributed by atoms with van der Waals surface area (Å²) in [6.45, 7) is 0. The predicted molar refractivity (Wildman–Crippen MR) is 50.1 cm³/mol. The van der Waals surface area contributed by atoms with Gasteiger partial charge in [-0.05, 0) is 11.6 Å². The largest absolute Gasteiger partial charge is 0.480 e. The lowest BCUT2D eigenvalue weighted by atomic mass is 10.0. The average Bonchev–Trinajstić information content (AvgIpc) is 2.12. The molecule has 1 rings (SSSR count). The molecule has 0 radical (unpaired) electrons. The normalized spacial score (nSPS) is 12.4. The van der Waals surface area contributed by atoms with E-state index in [0.717, 1.165) is 0 Å². The van der Waals surface area contributed by atoms with Crippen molar-refractivity contribution in [2.75, 3.05) is 5.73 Å². The second-order valence-corrected chi connectivity index (χ2v) is 2.96. The first kappa shape index (κ1) is 10.5. The number of nitrogens with two attached hydrogens (primary N) is 2. The first-order chi connectivity index (χ1) is 6.52. The zero-order valence-electron chi connectivity index (χ0n) is 7.40. The summed E-state index contributed by atoms with van der Waals surface area (Å²) in [4.78, 5) is 10.4. The maximum atomic E-state index is 12.9. The quantitative estimate of drug-likeness (QED) is 0.612. The van der Waals surface area contributed by atoms with Gasteiger partial charge in [0.25, 0.3) is 0 Å². The number of hydrogen-bond acceptors (Lipinski definition) is 3. The van der Waals surface area contributed by atoms with Gasteiger partial charge in [0.1, 0.15) is 11.9 Å². The first-order valence-electron chi connectivity index (χ1n) is 4.03. The second-order valence-electron chi connectivity index (χ2n) is 2.96. The van der Waals surface area contributed by atoms with Gasteiger partial charge in [-0.2, -0.15) is 0 Å². The summed E-state index contributed by atoms with van der Waals surface area (Å²) >= 11 is 0. The number of aliphatic carboxylic acids is 1. The average molecular weight is 198 g/mol. The van der Waals surface area contributed by atoms with Gasteiger partial charge in [0.2, 0.25) is 0 Å². The van der Waals surface area contributed by atoms with E-state index in [9.17, 15) is 9.18 Å². The van der Waals surface area contributed by atoms with Crippen molar-refractivity contribution >= 4 is 11.7 Å². The van der Waals surface area contributed by atoms with Crippen molar-refractivity contribution in [3.8, 4) is 0 Å². The number of carboxylic acids is 1. The Morgan fingerprint density at radius 3 is 2.79 bits per heavy atom. The van der Waals surface area contributed by atoms with Crippen LogP contribution in [0, 0.1) is 5.82 Å². The van der Waals surface area contributed by atoms with Crippen LogP contribution in [0.4, 0.5) is 10.1 Å². The van der Waals surface area contributed by atoms with Crippen molar-refractivity contribution in [3.63, 3.8) is 0 Å². The molecule has 1 unspecified atom stereocenters. The van der Waals surface area contributed by atoms with Gasteiger partial charge in [-0.1, -0.05) is 12.1 Å². The van der Waals surface area contributed by atoms with Crippen LogP contribution in [0.15, 0.2) is 18.2 Å². The van der Waals surface area contributed by atoms with E-state index < -0.39 is 17.8 Å². The third-order valence-electron chi connectivity index (χ3n) is 1.90. The number of carboxylic acid groups (broad SMARTS) is 1. The molecule has 0 saturated heterocycles. The van der Waals surface area contributed by atoms with Crippen LogP contribution in [0.25, 0.3) is 0 Å². The van der Waals surface area contributed by atoms with Crippen molar-refractivity contribution in [2.45, 2.75) is 12.5 Å². The van der Waals surface area contributed by atoms with E-state index in [1.54, 1.807) is 6.07 Å². The van der Waals surface area contributed by atoms with Crippen LogP contribution in [0.2, 0.25) is 0 Å². The fourth-order valence-electron chi connectivity index (χ4n) is 1.08. The molecule has 0 saturated carbocycles. The standard InChI is InChI=1S/C9H11FN2O2/c10-6-3-1-2-5(8(6)12)4-7(11)9(13)14/h1-3,7H,4,11-12H2,(H,13,14). The van der Waals surface area contributed by atoms with Gasteiger partial charge in [-0.15, -0.1) is 0 Å². The fraction of sp³-hybridized carbons (Fsp3) is 0.222. The summed E-state index contributed by atoms with van der Waals surface area (Å²) in [5.74, 6) is -1.69. The molecule has 1 aromatic carbocycles. The molecule has 5 N–H and O–H groups in total. The van der Waals surface area contributed by atoms with Crippen LogP contribution < -0.4 is 11.5 Å². The number of hydrogen-bond donors (Lipinski definition) is 3. The van der Waals surface area contributed by atoms with Crippen LogP contribution in [0.1, 0.15) is 5.56 Å². The Morgan fingerprint density at radius 1 is 1.57 bits per heavy atom. The highest BCUT2D eigenvalue weighted by Gasteiger charge is 2.14. The van der Waals surface area contributed by atoms with E-state index in [0.29, 0.717) is 5.56 Å². The molecule has 0 fully saturated rings. The lowest BCUT2D eigenvalue weighted by Gasteiger charge is -2.09. The monoisotopic (exact) mass is 198 g/mol. The summed E-state index contributed by atoms with van der Waals surface area (Å²) < 4.78 is 12.9. The van der Waals surface area contributed by atoms with E-state index in [-0.39, 0.29) is 12.1 Å². The molecule has 0 aliphatic heterocycles. The van der Waals surface area contributed by atoms with E-state index >= 15 is 0 Å². The second kappa shape index (κ2) is 4.06. The highest BCUT2D eigenvalue weighted by molar-refractivity contribution is 5.74. The predicted octanol–water partition coefficient (Wildman–Crippen LogP) is 0.362. The van der Waals surface area contributed by atoms with Crippen molar-refractivity contribution in [3.05, 3.63) is 29.6 Å². The number of anilines is 1. The number of rotatable bonds is 3. The molecule has 0 heterocycles. The first-order valence-corrected chi connectivity index (χ1v) is 4.03. The molecule has 0 bridgehead atoms. The van der Waals surface area contributed by atoms with Gasteiger partial charge in [0.05, 0.1) is 5.69 Å². The van der Waals surface area contributed by atoms with Gasteiger partial charge in [-0.3, -0.25) is 4.79 Å². The van der Waals surface area contributed by atoms with Crippen LogP contribution in [-0.2, 0) is 11.2 Å². The Balaban J connectivity index is 2.87. The molecule has 5 heteroatoms. The topological polar surface area (TPSA) is 89.3 Å². The zero-order valence-corrected chi connectivity index (χ0v) is 7.40. The van der Waals surface area contributed by atoms with Gasteiger partial charge >= 0.3 is 5.97 Å². The molecule has 0 aromatic heterocycles. The Hall–Kier alpha value is -1.62. The lowest BCUT2D eigenvalue weighted by molar-refractivity contribution is -0.138. The molecular weight excluding hydrogens is 187 g/mol. The highest BCUT2D eigenvalue weighted by Crippen LogP contribution is 2.16. The minimum atomic E-state index is -1.13. The molecule has 4 nitrogen and oxygen atoms in total. The Bertz CT molecular complexity index is 355. The van der Waals surface area contributed by atoms with E-state index in [1.165, 1.54) is 12.1 Å². The molecule has 0 amide bonds. The molecular formula is C9H11FN2O2. The smallest absolute Gasteiger partial charge is 0.320 e. The van der Waals surface area contributed by atoms with E-state index in [1.807, 2.05) is 0 Å². The van der Waals surface area contributed by atoms with Gasteiger partial charge in [-0.25, -0.2) is 4.39 Å². The van der Waals surface area contributed by atoms with Crippen LogP contribution in [0.3, 0.4) is 0 Å².